The number of rotatable bonds is 6. The topological polar surface area (TPSA) is 53.6 Å². The molecule has 0 spiro atoms. The Bertz CT molecular complexity index is 563. The van der Waals surface area contributed by atoms with Gasteiger partial charge in [0.25, 0.3) is 5.91 Å². The van der Waals surface area contributed by atoms with Crippen LogP contribution in [-0.2, 0) is 4.74 Å². The van der Waals surface area contributed by atoms with Gasteiger partial charge < -0.3 is 10.1 Å². The average Bonchev–Trinajstić information content (AvgIpc) is 2.65. The summed E-state index contributed by atoms with van der Waals surface area (Å²) in [6, 6.07) is 7.85. The van der Waals surface area contributed by atoms with Gasteiger partial charge in [-0.2, -0.15) is 0 Å². The average molecular weight is 400 g/mol. The van der Waals surface area contributed by atoms with Crippen LogP contribution in [0.3, 0.4) is 0 Å². The third-order valence-electron chi connectivity index (χ3n) is 3.65. The van der Waals surface area contributed by atoms with Gasteiger partial charge in [0, 0.05) is 32.9 Å². The number of nitrogens with zero attached hydrogens (tertiary/aromatic N) is 1. The largest absolute Gasteiger partial charge is 0.385 e. The van der Waals surface area contributed by atoms with Crippen molar-refractivity contribution >= 4 is 46.8 Å². The van der Waals surface area contributed by atoms with E-state index < -0.39 is 0 Å². The predicted molar refractivity (Wildman–Crippen MR) is 111 cm³/mol. The molecule has 0 bridgehead atoms. The van der Waals surface area contributed by atoms with Crippen molar-refractivity contribution < 1.29 is 9.53 Å². The first-order valence-electron chi connectivity index (χ1n) is 8.26. The Morgan fingerprint density at radius 1 is 1.32 bits per heavy atom. The van der Waals surface area contributed by atoms with Crippen LogP contribution in [0.4, 0.5) is 0 Å². The van der Waals surface area contributed by atoms with E-state index in [9.17, 15) is 4.79 Å². The quantitative estimate of drug-likeness (QED) is 0.433. The molecule has 0 atom stereocenters. The number of carbonyl (C=O) groups excluding carboxylic acids is 1. The van der Waals surface area contributed by atoms with Crippen LogP contribution in [0.2, 0.25) is 0 Å². The molecule has 1 heterocycles. The molecule has 8 heteroatoms. The molecule has 1 amide bonds. The molecular weight excluding hydrogens is 374 g/mol. The predicted octanol–water partition coefficient (Wildman–Crippen LogP) is 3.04. The van der Waals surface area contributed by atoms with E-state index in [1.165, 1.54) is 28.5 Å². The second kappa shape index (κ2) is 10.9. The molecule has 0 saturated carbocycles. The zero-order valence-electron chi connectivity index (χ0n) is 14.6. The van der Waals surface area contributed by atoms with E-state index in [4.69, 9.17) is 17.0 Å². The Labute approximate surface area is 163 Å². The van der Waals surface area contributed by atoms with Crippen LogP contribution in [0.5, 0.6) is 0 Å². The lowest BCUT2D eigenvalue weighted by Gasteiger charge is -2.22. The summed E-state index contributed by atoms with van der Waals surface area (Å²) in [6.07, 6.45) is 2.13. The molecule has 2 N–H and O–H groups in total. The Balaban J connectivity index is 1.82. The van der Waals surface area contributed by atoms with Crippen LogP contribution in [0.15, 0.2) is 24.3 Å². The molecule has 0 aromatic heterocycles. The van der Waals surface area contributed by atoms with Crippen LogP contribution in [-0.4, -0.2) is 54.8 Å². The Hall–Kier alpha value is -0.960. The van der Waals surface area contributed by atoms with Crippen molar-refractivity contribution in [2.75, 3.05) is 38.8 Å². The van der Waals surface area contributed by atoms with Gasteiger partial charge >= 0.3 is 0 Å². The van der Waals surface area contributed by atoms with Gasteiger partial charge in [-0.15, -0.1) is 23.5 Å². The number of thiocarbonyl (C=S) groups is 1. The molecule has 1 fully saturated rings. The summed E-state index contributed by atoms with van der Waals surface area (Å²) in [5.41, 5.74) is 4.69. The Morgan fingerprint density at radius 3 is 2.64 bits per heavy atom. The third-order valence-corrected chi connectivity index (χ3v) is 7.08. The molecule has 25 heavy (non-hydrogen) atoms. The number of benzene rings is 1. The minimum Gasteiger partial charge on any atom is -0.385 e. The summed E-state index contributed by atoms with van der Waals surface area (Å²) in [5.74, 6) is 2.25. The monoisotopic (exact) mass is 399 g/mol. The number of thioether (sulfide) groups is 2. The molecule has 1 saturated heterocycles. The lowest BCUT2D eigenvalue weighted by Crippen LogP contribution is -2.48. The first-order chi connectivity index (χ1) is 12.1. The summed E-state index contributed by atoms with van der Waals surface area (Å²) < 4.78 is 5.47. The second-order valence-corrected chi connectivity index (χ2v) is 8.74. The van der Waals surface area contributed by atoms with Gasteiger partial charge in [0.05, 0.1) is 4.58 Å². The fourth-order valence-corrected chi connectivity index (χ4v) is 5.31. The highest BCUT2D eigenvalue weighted by atomic mass is 32.2. The number of ether oxygens (including phenoxy) is 1. The van der Waals surface area contributed by atoms with Crippen LogP contribution in [0.1, 0.15) is 33.3 Å². The van der Waals surface area contributed by atoms with Crippen LogP contribution >= 0.6 is 35.7 Å². The van der Waals surface area contributed by atoms with E-state index in [-0.39, 0.29) is 5.91 Å². The minimum atomic E-state index is -0.168. The van der Waals surface area contributed by atoms with Gasteiger partial charge in [-0.05, 0) is 54.3 Å². The summed E-state index contributed by atoms with van der Waals surface area (Å²) in [4.78, 5) is 12.4. The number of hydrogen-bond acceptors (Lipinski definition) is 5. The molecule has 1 aliphatic heterocycles. The Morgan fingerprint density at radius 2 is 2.00 bits per heavy atom. The minimum absolute atomic E-state index is 0.168. The van der Waals surface area contributed by atoms with Gasteiger partial charge in [0.1, 0.15) is 0 Å². The standard InChI is InChI=1S/C17H25N3O2S3/c1-20(17(23)18-9-3-10-22-2)19-15(21)13-5-7-14(8-6-13)16-24-11-4-12-25-16/h5-8,16H,3-4,9-12H2,1-2H3,(H,18,23)(H,19,21). The van der Waals surface area contributed by atoms with Gasteiger partial charge in [-0.3, -0.25) is 15.2 Å². The molecule has 1 aromatic rings. The normalized spacial score (nSPS) is 14.8. The number of hydrogen-bond donors (Lipinski definition) is 2. The highest BCUT2D eigenvalue weighted by Crippen LogP contribution is 2.43. The molecule has 0 aliphatic carbocycles. The SMILES string of the molecule is COCCCNC(=S)N(C)NC(=O)c1ccc(C2SCCCS2)cc1. The first-order valence-corrected chi connectivity index (χ1v) is 10.8. The molecule has 0 unspecified atom stereocenters. The van der Waals surface area contributed by atoms with E-state index in [1.54, 1.807) is 14.2 Å². The third kappa shape index (κ3) is 6.69. The van der Waals surface area contributed by atoms with Gasteiger partial charge in [-0.25, -0.2) is 0 Å². The van der Waals surface area contributed by atoms with E-state index in [0.717, 1.165) is 6.42 Å². The number of hydrazine groups is 1. The summed E-state index contributed by atoms with van der Waals surface area (Å²) in [6.45, 7) is 1.38. The van der Waals surface area contributed by atoms with Crippen molar-refractivity contribution in [1.82, 2.24) is 15.8 Å². The molecule has 138 valence electrons. The van der Waals surface area contributed by atoms with Crippen molar-refractivity contribution in [3.8, 4) is 0 Å². The van der Waals surface area contributed by atoms with Gasteiger partial charge in [0.15, 0.2) is 5.11 Å². The molecule has 1 aliphatic rings. The van der Waals surface area contributed by atoms with Crippen LogP contribution < -0.4 is 10.7 Å². The maximum absolute atomic E-state index is 12.4. The molecular formula is C17H25N3O2S3. The number of methoxy groups -OCH3 is 1. The lowest BCUT2D eigenvalue weighted by molar-refractivity contribution is 0.0886. The summed E-state index contributed by atoms with van der Waals surface area (Å²) in [7, 11) is 3.40. The summed E-state index contributed by atoms with van der Waals surface area (Å²) in [5, 5.41) is 5.10. The lowest BCUT2D eigenvalue weighted by atomic mass is 10.1. The molecule has 0 radical (unpaired) electrons. The van der Waals surface area contributed by atoms with Crippen LogP contribution in [0, 0.1) is 0 Å². The Kier molecular flexibility index (Phi) is 8.88. The van der Waals surface area contributed by atoms with Crippen molar-refractivity contribution in [2.45, 2.75) is 17.4 Å². The van der Waals surface area contributed by atoms with Gasteiger partial charge in [0.2, 0.25) is 0 Å². The first kappa shape index (κ1) is 20.4. The smallest absolute Gasteiger partial charge is 0.269 e. The van der Waals surface area contributed by atoms with Crippen LogP contribution in [0.25, 0.3) is 0 Å². The van der Waals surface area contributed by atoms with E-state index in [1.807, 2.05) is 47.8 Å². The van der Waals surface area contributed by atoms with E-state index in [2.05, 4.69) is 10.7 Å². The van der Waals surface area contributed by atoms with Crippen molar-refractivity contribution in [3.63, 3.8) is 0 Å². The molecule has 5 nitrogen and oxygen atoms in total. The number of amides is 1. The zero-order chi connectivity index (χ0) is 18.1. The number of nitrogens with one attached hydrogen (secondary N) is 2. The number of carbonyl (C=O) groups is 1. The van der Waals surface area contributed by atoms with Crippen molar-refractivity contribution in [1.29, 1.82) is 0 Å². The maximum Gasteiger partial charge on any atom is 0.269 e. The van der Waals surface area contributed by atoms with Crippen molar-refractivity contribution in [2.24, 2.45) is 0 Å². The molecule has 1 aromatic carbocycles. The van der Waals surface area contributed by atoms with Crippen molar-refractivity contribution in [3.05, 3.63) is 35.4 Å². The maximum atomic E-state index is 12.4. The molecule has 2 rings (SSSR count). The fourth-order valence-electron chi connectivity index (χ4n) is 2.27. The highest BCUT2D eigenvalue weighted by Gasteiger charge is 2.17. The highest BCUT2D eigenvalue weighted by molar-refractivity contribution is 8.16. The zero-order valence-corrected chi connectivity index (χ0v) is 17.1. The fraction of sp³-hybridized carbons (Fsp3) is 0.529. The second-order valence-electron chi connectivity index (χ2n) is 5.63. The summed E-state index contributed by atoms with van der Waals surface area (Å²) >= 11 is 9.21. The van der Waals surface area contributed by atoms with E-state index in [0.29, 0.717) is 28.4 Å². The van der Waals surface area contributed by atoms with Gasteiger partial charge in [-0.1, -0.05) is 12.1 Å². The van der Waals surface area contributed by atoms with E-state index >= 15 is 0 Å².